The van der Waals surface area contributed by atoms with Crippen molar-refractivity contribution in [2.75, 3.05) is 25.0 Å². The molecule has 0 aliphatic carbocycles. The molecule has 1 saturated heterocycles. The summed E-state index contributed by atoms with van der Waals surface area (Å²) in [4.78, 5) is 13.4. The molecule has 1 aromatic heterocycles. The Labute approximate surface area is 111 Å². The van der Waals surface area contributed by atoms with Gasteiger partial charge in [0.25, 0.3) is 5.91 Å². The van der Waals surface area contributed by atoms with Crippen molar-refractivity contribution in [2.45, 2.75) is 25.6 Å². The lowest BCUT2D eigenvalue weighted by Gasteiger charge is -2.14. The molecule has 7 heteroatoms. The van der Waals surface area contributed by atoms with E-state index in [1.54, 1.807) is 12.1 Å². The van der Waals surface area contributed by atoms with E-state index in [1.807, 2.05) is 6.92 Å². The summed E-state index contributed by atoms with van der Waals surface area (Å²) in [5.41, 5.74) is 0.211. The van der Waals surface area contributed by atoms with Crippen molar-refractivity contribution >= 4 is 11.7 Å². The maximum Gasteiger partial charge on any atom is 0.274 e. The quantitative estimate of drug-likeness (QED) is 0.678. The summed E-state index contributed by atoms with van der Waals surface area (Å²) in [5, 5.41) is 29.7. The van der Waals surface area contributed by atoms with Crippen LogP contribution in [0.1, 0.15) is 23.8 Å². The van der Waals surface area contributed by atoms with Gasteiger partial charge >= 0.3 is 0 Å². The number of nitrogens with one attached hydrogen (secondary N) is 1. The van der Waals surface area contributed by atoms with Gasteiger partial charge in [-0.1, -0.05) is 6.92 Å². The van der Waals surface area contributed by atoms with Crippen LogP contribution in [0.4, 0.5) is 5.82 Å². The molecule has 2 atom stereocenters. The number of rotatable bonds is 4. The SMILES string of the molecule is CCCNc1ccc(C(=O)N2CC(O)C(O)C2)nn1. The van der Waals surface area contributed by atoms with Gasteiger partial charge in [0.15, 0.2) is 5.69 Å². The van der Waals surface area contributed by atoms with Crippen LogP contribution in [0.2, 0.25) is 0 Å². The summed E-state index contributed by atoms with van der Waals surface area (Å²) < 4.78 is 0. The average Bonchev–Trinajstić information content (AvgIpc) is 2.76. The Hall–Kier alpha value is -1.73. The van der Waals surface area contributed by atoms with Crippen molar-refractivity contribution in [2.24, 2.45) is 0 Å². The summed E-state index contributed by atoms with van der Waals surface area (Å²) >= 11 is 0. The van der Waals surface area contributed by atoms with Crippen LogP contribution in [0.3, 0.4) is 0 Å². The Morgan fingerprint density at radius 3 is 2.58 bits per heavy atom. The molecule has 7 nitrogen and oxygen atoms in total. The van der Waals surface area contributed by atoms with Crippen molar-refractivity contribution in [3.8, 4) is 0 Å². The molecule has 1 fully saturated rings. The number of β-amino-alcohol motifs (C(OH)–C–C–N with tert-alkyl or cyclic N) is 2. The first-order valence-electron chi connectivity index (χ1n) is 6.34. The first-order valence-corrected chi connectivity index (χ1v) is 6.34. The molecule has 0 aromatic carbocycles. The molecule has 1 amide bonds. The van der Waals surface area contributed by atoms with E-state index in [1.165, 1.54) is 4.90 Å². The molecular weight excluding hydrogens is 248 g/mol. The van der Waals surface area contributed by atoms with Crippen molar-refractivity contribution in [3.63, 3.8) is 0 Å². The van der Waals surface area contributed by atoms with Crippen LogP contribution in [0.25, 0.3) is 0 Å². The van der Waals surface area contributed by atoms with Gasteiger partial charge in [-0.25, -0.2) is 0 Å². The third kappa shape index (κ3) is 3.18. The smallest absolute Gasteiger partial charge is 0.274 e. The van der Waals surface area contributed by atoms with E-state index in [0.29, 0.717) is 5.82 Å². The van der Waals surface area contributed by atoms with Gasteiger partial charge in [0, 0.05) is 19.6 Å². The molecule has 1 aromatic rings. The largest absolute Gasteiger partial charge is 0.388 e. The minimum absolute atomic E-state index is 0.123. The van der Waals surface area contributed by atoms with Crippen LogP contribution in [0.15, 0.2) is 12.1 Å². The van der Waals surface area contributed by atoms with E-state index in [2.05, 4.69) is 15.5 Å². The standard InChI is InChI=1S/C12H18N4O3/c1-2-5-13-11-4-3-8(14-15-11)12(19)16-6-9(17)10(18)7-16/h3-4,9-10,17-18H,2,5-7H2,1H3,(H,13,15). The fraction of sp³-hybridized carbons (Fsp3) is 0.583. The van der Waals surface area contributed by atoms with Crippen LogP contribution in [0.5, 0.6) is 0 Å². The van der Waals surface area contributed by atoms with Gasteiger partial charge in [0.2, 0.25) is 0 Å². The number of amides is 1. The molecule has 0 saturated carbocycles. The number of carbonyl (C=O) groups excluding carboxylic acids is 1. The number of carbonyl (C=O) groups is 1. The zero-order chi connectivity index (χ0) is 13.8. The maximum absolute atomic E-state index is 12.0. The lowest BCUT2D eigenvalue weighted by atomic mass is 10.3. The highest BCUT2D eigenvalue weighted by Crippen LogP contribution is 2.13. The summed E-state index contributed by atoms with van der Waals surface area (Å²) in [6, 6.07) is 3.28. The fourth-order valence-electron chi connectivity index (χ4n) is 1.89. The number of aliphatic hydroxyl groups is 2. The number of hydrogen-bond donors (Lipinski definition) is 3. The average molecular weight is 266 g/mol. The first-order chi connectivity index (χ1) is 9.11. The van der Waals surface area contributed by atoms with Crippen molar-refractivity contribution in [3.05, 3.63) is 17.8 Å². The van der Waals surface area contributed by atoms with E-state index in [0.717, 1.165) is 13.0 Å². The molecule has 3 N–H and O–H groups in total. The monoisotopic (exact) mass is 266 g/mol. The van der Waals surface area contributed by atoms with E-state index >= 15 is 0 Å². The molecule has 104 valence electrons. The molecule has 0 bridgehead atoms. The molecule has 0 spiro atoms. The number of aliphatic hydroxyl groups excluding tert-OH is 2. The maximum atomic E-state index is 12.0. The van der Waals surface area contributed by atoms with Crippen LogP contribution in [-0.4, -0.2) is 63.1 Å². The summed E-state index contributed by atoms with van der Waals surface area (Å²) in [6.45, 7) is 3.09. The number of hydrogen-bond acceptors (Lipinski definition) is 6. The first kappa shape index (κ1) is 13.7. The normalized spacial score (nSPS) is 22.6. The Morgan fingerprint density at radius 2 is 2.05 bits per heavy atom. The summed E-state index contributed by atoms with van der Waals surface area (Å²) in [5.74, 6) is 0.296. The van der Waals surface area contributed by atoms with Gasteiger partial charge in [-0.2, -0.15) is 0 Å². The highest BCUT2D eigenvalue weighted by molar-refractivity contribution is 5.92. The second kappa shape index (κ2) is 5.94. The third-order valence-corrected chi connectivity index (χ3v) is 2.99. The van der Waals surface area contributed by atoms with E-state index in [9.17, 15) is 15.0 Å². The molecule has 2 unspecified atom stereocenters. The molecule has 2 rings (SSSR count). The highest BCUT2D eigenvalue weighted by atomic mass is 16.3. The third-order valence-electron chi connectivity index (χ3n) is 2.99. The predicted molar refractivity (Wildman–Crippen MR) is 68.7 cm³/mol. The Morgan fingerprint density at radius 1 is 1.37 bits per heavy atom. The Bertz CT molecular complexity index is 427. The topological polar surface area (TPSA) is 98.6 Å². The van der Waals surface area contributed by atoms with E-state index in [-0.39, 0.29) is 24.7 Å². The van der Waals surface area contributed by atoms with E-state index < -0.39 is 12.2 Å². The van der Waals surface area contributed by atoms with Gasteiger partial charge in [0.1, 0.15) is 5.82 Å². The van der Waals surface area contributed by atoms with Crippen LogP contribution in [0, 0.1) is 0 Å². The zero-order valence-corrected chi connectivity index (χ0v) is 10.8. The van der Waals surface area contributed by atoms with Crippen LogP contribution >= 0.6 is 0 Å². The second-order valence-electron chi connectivity index (χ2n) is 4.58. The number of nitrogens with zero attached hydrogens (tertiary/aromatic N) is 3. The minimum Gasteiger partial charge on any atom is -0.388 e. The molecular formula is C12H18N4O3. The molecule has 0 radical (unpaired) electrons. The van der Waals surface area contributed by atoms with Gasteiger partial charge in [-0.05, 0) is 18.6 Å². The molecule has 1 aliphatic heterocycles. The van der Waals surface area contributed by atoms with Crippen molar-refractivity contribution < 1.29 is 15.0 Å². The fourth-order valence-corrected chi connectivity index (χ4v) is 1.89. The molecule has 2 heterocycles. The molecule has 1 aliphatic rings. The number of anilines is 1. The van der Waals surface area contributed by atoms with Gasteiger partial charge in [0.05, 0.1) is 12.2 Å². The summed E-state index contributed by atoms with van der Waals surface area (Å²) in [6.07, 6.45) is -0.795. The van der Waals surface area contributed by atoms with Crippen LogP contribution < -0.4 is 5.32 Å². The lowest BCUT2D eigenvalue weighted by Crippen LogP contribution is -2.30. The minimum atomic E-state index is -0.887. The van der Waals surface area contributed by atoms with Crippen LogP contribution in [-0.2, 0) is 0 Å². The Balaban J connectivity index is 2.00. The Kier molecular flexibility index (Phi) is 4.28. The molecule has 19 heavy (non-hydrogen) atoms. The van der Waals surface area contributed by atoms with Gasteiger partial charge in [-0.15, -0.1) is 10.2 Å². The van der Waals surface area contributed by atoms with Gasteiger partial charge < -0.3 is 20.4 Å². The van der Waals surface area contributed by atoms with Crippen molar-refractivity contribution in [1.29, 1.82) is 0 Å². The highest BCUT2D eigenvalue weighted by Gasteiger charge is 2.33. The predicted octanol–water partition coefficient (Wildman–Crippen LogP) is -0.524. The zero-order valence-electron chi connectivity index (χ0n) is 10.8. The summed E-state index contributed by atoms with van der Waals surface area (Å²) in [7, 11) is 0. The van der Waals surface area contributed by atoms with Gasteiger partial charge in [-0.3, -0.25) is 4.79 Å². The lowest BCUT2D eigenvalue weighted by molar-refractivity contribution is 0.0572. The number of likely N-dealkylation sites (tertiary alicyclic amines) is 1. The second-order valence-corrected chi connectivity index (χ2v) is 4.58. The van der Waals surface area contributed by atoms with Crippen molar-refractivity contribution in [1.82, 2.24) is 15.1 Å². The van der Waals surface area contributed by atoms with E-state index in [4.69, 9.17) is 0 Å². The number of aromatic nitrogens is 2.